The van der Waals surface area contributed by atoms with E-state index in [2.05, 4.69) is 0 Å². The molecule has 3 aromatic carbocycles. The molecule has 206 valence electrons. The van der Waals surface area contributed by atoms with E-state index in [9.17, 15) is 25.2 Å². The molecule has 39 heavy (non-hydrogen) atoms. The van der Waals surface area contributed by atoms with Crippen LogP contribution in [0.25, 0.3) is 22.3 Å². The van der Waals surface area contributed by atoms with E-state index in [1.54, 1.807) is 24.3 Å². The molecule has 0 aliphatic heterocycles. The lowest BCUT2D eigenvalue weighted by molar-refractivity contribution is -0.0273. The first-order chi connectivity index (χ1) is 18.7. The van der Waals surface area contributed by atoms with Crippen LogP contribution in [0.3, 0.4) is 0 Å². The van der Waals surface area contributed by atoms with Crippen LogP contribution in [0.2, 0.25) is 0 Å². The Morgan fingerprint density at radius 3 is 2.08 bits per heavy atom. The van der Waals surface area contributed by atoms with Gasteiger partial charge in [0.1, 0.15) is 34.3 Å². The third-order valence-corrected chi connectivity index (χ3v) is 6.11. The van der Waals surface area contributed by atoms with Gasteiger partial charge in [-0.1, -0.05) is 6.07 Å². The zero-order valence-corrected chi connectivity index (χ0v) is 21.6. The molecule has 0 spiro atoms. The summed E-state index contributed by atoms with van der Waals surface area (Å²) in [5.74, 6) is 0.155. The van der Waals surface area contributed by atoms with Gasteiger partial charge >= 0.3 is 0 Å². The van der Waals surface area contributed by atoms with E-state index in [0.717, 1.165) is 6.07 Å². The van der Waals surface area contributed by atoms with Crippen LogP contribution in [0.4, 0.5) is 0 Å². The van der Waals surface area contributed by atoms with Crippen molar-refractivity contribution in [3.63, 3.8) is 0 Å². The third kappa shape index (κ3) is 5.35. The average molecular weight is 541 g/mol. The quantitative estimate of drug-likeness (QED) is 0.232. The second-order valence-corrected chi connectivity index (χ2v) is 8.45. The maximum absolute atomic E-state index is 12.7. The smallest absolute Gasteiger partial charge is 0.204 e. The minimum absolute atomic E-state index is 0.0131. The highest BCUT2D eigenvalue weighted by Crippen LogP contribution is 2.44. The zero-order chi connectivity index (χ0) is 28.3. The van der Waals surface area contributed by atoms with Crippen molar-refractivity contribution in [1.29, 1.82) is 0 Å². The van der Waals surface area contributed by atoms with Crippen molar-refractivity contribution < 1.29 is 48.5 Å². The Balaban J connectivity index is 1.76. The van der Waals surface area contributed by atoms with Crippen LogP contribution in [-0.2, 0) is 4.74 Å². The molecule has 0 bridgehead atoms. The molecule has 4 rings (SSSR count). The Kier molecular flexibility index (Phi) is 8.03. The summed E-state index contributed by atoms with van der Waals surface area (Å²) in [6, 6.07) is 11.2. The largest absolute Gasteiger partial charge is 0.508 e. The summed E-state index contributed by atoms with van der Waals surface area (Å²) in [7, 11) is 5.68. The number of ether oxygens (including phenoxy) is 5. The Labute approximate surface area is 222 Å². The monoisotopic (exact) mass is 540 g/mol. The van der Waals surface area contributed by atoms with E-state index in [1.807, 2.05) is 0 Å². The fourth-order valence-corrected chi connectivity index (χ4v) is 4.25. The topological polar surface area (TPSA) is 157 Å². The lowest BCUT2D eigenvalue weighted by Crippen LogP contribution is -2.30. The molecule has 2 atom stereocenters. The van der Waals surface area contributed by atoms with Gasteiger partial charge in [0, 0.05) is 30.9 Å². The van der Waals surface area contributed by atoms with Gasteiger partial charge in [0.25, 0.3) is 0 Å². The van der Waals surface area contributed by atoms with Crippen molar-refractivity contribution >= 4 is 11.0 Å². The molecule has 0 radical (unpaired) electrons. The van der Waals surface area contributed by atoms with E-state index >= 15 is 0 Å². The molecule has 0 saturated carbocycles. The third-order valence-electron chi connectivity index (χ3n) is 6.11. The van der Waals surface area contributed by atoms with Crippen LogP contribution in [0.5, 0.6) is 40.2 Å². The number of aliphatic hydroxyl groups is 1. The number of aromatic hydroxyl groups is 3. The van der Waals surface area contributed by atoms with Gasteiger partial charge in [0.15, 0.2) is 34.5 Å². The van der Waals surface area contributed by atoms with E-state index in [1.165, 1.54) is 46.6 Å². The number of fused-ring (bicyclic) bond motifs is 1. The van der Waals surface area contributed by atoms with Crippen molar-refractivity contribution in [1.82, 2.24) is 0 Å². The average Bonchev–Trinajstić information content (AvgIpc) is 2.92. The highest BCUT2D eigenvalue weighted by atomic mass is 16.6. The number of hydrogen-bond donors (Lipinski definition) is 4. The molecule has 4 N–H and O–H groups in total. The molecule has 1 heterocycles. The number of phenols is 3. The fraction of sp³-hybridized carbons (Fsp3) is 0.250. The number of benzene rings is 3. The first-order valence-electron chi connectivity index (χ1n) is 11.7. The van der Waals surface area contributed by atoms with Gasteiger partial charge in [-0.05, 0) is 29.8 Å². The Morgan fingerprint density at radius 2 is 1.49 bits per heavy atom. The standard InChI is InChI=1S/C28H28O11/c1-34-21-7-14(5-6-17(21)31)27(37-4)25(13-29)39-28-23(35-2)8-15(9-24(28)36-3)20-12-19(33)26-18(32)10-16(30)11-22(26)38-20/h5-12,25,27,29-32H,13H2,1-4H3/t25-,27-/m0/s1. The summed E-state index contributed by atoms with van der Waals surface area (Å²) in [4.78, 5) is 12.7. The Bertz CT molecular complexity index is 1520. The molecule has 0 aliphatic rings. The van der Waals surface area contributed by atoms with Gasteiger partial charge in [0.2, 0.25) is 5.75 Å². The predicted octanol–water partition coefficient (Wildman–Crippen LogP) is 3.73. The van der Waals surface area contributed by atoms with Crippen LogP contribution >= 0.6 is 0 Å². The summed E-state index contributed by atoms with van der Waals surface area (Å²) in [5, 5.41) is 40.0. The van der Waals surface area contributed by atoms with E-state index < -0.39 is 30.0 Å². The lowest BCUT2D eigenvalue weighted by atomic mass is 10.0. The van der Waals surface area contributed by atoms with Crippen LogP contribution < -0.4 is 24.4 Å². The van der Waals surface area contributed by atoms with Crippen molar-refractivity contribution in [2.45, 2.75) is 12.2 Å². The van der Waals surface area contributed by atoms with Crippen LogP contribution in [0.15, 0.2) is 57.7 Å². The molecule has 0 unspecified atom stereocenters. The minimum Gasteiger partial charge on any atom is -0.508 e. The molecule has 4 aromatic rings. The maximum atomic E-state index is 12.7. The number of hydrogen-bond acceptors (Lipinski definition) is 11. The maximum Gasteiger partial charge on any atom is 0.204 e. The highest BCUT2D eigenvalue weighted by molar-refractivity contribution is 5.86. The Hall–Kier alpha value is -4.61. The van der Waals surface area contributed by atoms with Gasteiger partial charge in [-0.25, -0.2) is 0 Å². The molecule has 11 nitrogen and oxygen atoms in total. The minimum atomic E-state index is -0.942. The van der Waals surface area contributed by atoms with Crippen LogP contribution in [-0.4, -0.2) is 61.6 Å². The summed E-state index contributed by atoms with van der Waals surface area (Å²) in [5.41, 5.74) is 0.422. The van der Waals surface area contributed by atoms with Crippen LogP contribution in [0.1, 0.15) is 11.7 Å². The highest BCUT2D eigenvalue weighted by Gasteiger charge is 2.29. The SMILES string of the molecule is COc1cc([C@H](OC)[C@H](CO)Oc2c(OC)cc(-c3cc(=O)c4c(O)cc(O)cc4o3)cc2OC)ccc1O. The summed E-state index contributed by atoms with van der Waals surface area (Å²) < 4.78 is 33.8. The van der Waals surface area contributed by atoms with E-state index in [-0.39, 0.29) is 51.2 Å². The van der Waals surface area contributed by atoms with Crippen molar-refractivity contribution in [2.24, 2.45) is 0 Å². The van der Waals surface area contributed by atoms with Crippen molar-refractivity contribution in [3.8, 4) is 51.6 Å². The molecule has 0 fully saturated rings. The number of methoxy groups -OCH3 is 4. The molecular weight excluding hydrogens is 512 g/mol. The molecule has 11 heteroatoms. The normalized spacial score (nSPS) is 12.6. The molecule has 0 saturated heterocycles. The van der Waals surface area contributed by atoms with Gasteiger partial charge in [-0.2, -0.15) is 0 Å². The van der Waals surface area contributed by atoms with E-state index in [4.69, 9.17) is 28.1 Å². The summed E-state index contributed by atoms with van der Waals surface area (Å²) in [6.45, 7) is -0.456. The predicted molar refractivity (Wildman–Crippen MR) is 140 cm³/mol. The number of rotatable bonds is 10. The molecule has 1 aromatic heterocycles. The number of aliphatic hydroxyl groups excluding tert-OH is 1. The lowest BCUT2D eigenvalue weighted by Gasteiger charge is -2.27. The molecular formula is C28H28O11. The first kappa shape index (κ1) is 27.4. The second-order valence-electron chi connectivity index (χ2n) is 8.45. The number of phenolic OH excluding ortho intramolecular Hbond substituents is 3. The fourth-order valence-electron chi connectivity index (χ4n) is 4.25. The van der Waals surface area contributed by atoms with E-state index in [0.29, 0.717) is 11.1 Å². The van der Waals surface area contributed by atoms with Crippen molar-refractivity contribution in [3.05, 3.63) is 64.3 Å². The zero-order valence-electron chi connectivity index (χ0n) is 21.6. The second kappa shape index (κ2) is 11.4. The van der Waals surface area contributed by atoms with Gasteiger partial charge < -0.3 is 48.5 Å². The summed E-state index contributed by atoms with van der Waals surface area (Å²) >= 11 is 0. The Morgan fingerprint density at radius 1 is 0.821 bits per heavy atom. The van der Waals surface area contributed by atoms with Gasteiger partial charge in [0.05, 0.1) is 27.9 Å². The van der Waals surface area contributed by atoms with Crippen LogP contribution in [0, 0.1) is 0 Å². The van der Waals surface area contributed by atoms with Gasteiger partial charge in [-0.3, -0.25) is 4.79 Å². The first-order valence-corrected chi connectivity index (χ1v) is 11.7. The van der Waals surface area contributed by atoms with Gasteiger partial charge in [-0.15, -0.1) is 0 Å². The van der Waals surface area contributed by atoms with Crippen molar-refractivity contribution in [2.75, 3.05) is 35.0 Å². The molecule has 0 amide bonds. The molecule has 0 aliphatic carbocycles. The summed E-state index contributed by atoms with van der Waals surface area (Å²) in [6.07, 6.45) is -1.72.